The van der Waals surface area contributed by atoms with Crippen molar-refractivity contribution in [2.24, 2.45) is 0 Å². The number of hydrogen-bond donors (Lipinski definition) is 2. The maximum Gasteiger partial charge on any atom is 0.253 e. The molecule has 2 N–H and O–H groups in total. The van der Waals surface area contributed by atoms with Gasteiger partial charge in [-0.05, 0) is 37.1 Å². The number of carbonyl (C=O) groups excluding carboxylic acids is 2. The summed E-state index contributed by atoms with van der Waals surface area (Å²) in [5, 5.41) is 6.16. The van der Waals surface area contributed by atoms with E-state index in [0.717, 1.165) is 18.5 Å². The van der Waals surface area contributed by atoms with Crippen LogP contribution in [0.15, 0.2) is 24.3 Å². The highest BCUT2D eigenvalue weighted by Gasteiger charge is 2.15. The highest BCUT2D eigenvalue weighted by atomic mass is 16.2. The van der Waals surface area contributed by atoms with Gasteiger partial charge in [0, 0.05) is 31.4 Å². The van der Waals surface area contributed by atoms with Crippen LogP contribution in [0.3, 0.4) is 0 Å². The van der Waals surface area contributed by atoms with Crippen LogP contribution in [-0.2, 0) is 4.79 Å². The van der Waals surface area contributed by atoms with Gasteiger partial charge in [0.15, 0.2) is 0 Å². The molecule has 0 unspecified atom stereocenters. The van der Waals surface area contributed by atoms with Crippen molar-refractivity contribution in [2.75, 3.05) is 26.0 Å². The number of nitrogens with one attached hydrogen (secondary N) is 2. The smallest absolute Gasteiger partial charge is 0.253 e. The molecule has 1 aliphatic rings. The van der Waals surface area contributed by atoms with E-state index in [-0.39, 0.29) is 18.4 Å². The quantitative estimate of drug-likeness (QED) is 0.877. The Labute approximate surface area is 132 Å². The molecule has 0 aromatic heterocycles. The fraction of sp³-hybridized carbons (Fsp3) is 0.529. The maximum atomic E-state index is 11.9. The van der Waals surface area contributed by atoms with Crippen molar-refractivity contribution in [3.8, 4) is 0 Å². The number of nitrogens with zero attached hydrogens (tertiary/aromatic N) is 1. The van der Waals surface area contributed by atoms with Gasteiger partial charge in [0.1, 0.15) is 0 Å². The summed E-state index contributed by atoms with van der Waals surface area (Å²) >= 11 is 0. The van der Waals surface area contributed by atoms with Gasteiger partial charge in [0.25, 0.3) is 5.91 Å². The van der Waals surface area contributed by atoms with E-state index in [4.69, 9.17) is 0 Å². The highest BCUT2D eigenvalue weighted by Crippen LogP contribution is 2.17. The summed E-state index contributed by atoms with van der Waals surface area (Å²) in [7, 11) is 3.45. The summed E-state index contributed by atoms with van der Waals surface area (Å²) < 4.78 is 0. The van der Waals surface area contributed by atoms with Crippen LogP contribution >= 0.6 is 0 Å². The molecule has 120 valence electrons. The lowest BCUT2D eigenvalue weighted by Gasteiger charge is -2.22. The Kier molecular flexibility index (Phi) is 5.81. The topological polar surface area (TPSA) is 61.4 Å². The van der Waals surface area contributed by atoms with Crippen molar-refractivity contribution >= 4 is 17.5 Å². The Hall–Kier alpha value is -2.04. The van der Waals surface area contributed by atoms with Crippen LogP contribution in [0, 0.1) is 0 Å². The number of benzene rings is 1. The van der Waals surface area contributed by atoms with E-state index in [2.05, 4.69) is 10.6 Å². The second kappa shape index (κ2) is 7.82. The number of amides is 2. The summed E-state index contributed by atoms with van der Waals surface area (Å²) in [6.45, 7) is 0.261. The molecule has 0 saturated heterocycles. The number of rotatable bonds is 5. The molecule has 1 fully saturated rings. The first kappa shape index (κ1) is 16.3. The molecule has 22 heavy (non-hydrogen) atoms. The van der Waals surface area contributed by atoms with Crippen LogP contribution < -0.4 is 10.6 Å². The van der Waals surface area contributed by atoms with Gasteiger partial charge in [-0.2, -0.15) is 0 Å². The van der Waals surface area contributed by atoms with Crippen molar-refractivity contribution in [3.05, 3.63) is 29.8 Å². The zero-order chi connectivity index (χ0) is 15.9. The summed E-state index contributed by atoms with van der Waals surface area (Å²) in [6, 6.07) is 7.52. The first-order chi connectivity index (χ1) is 10.6. The molecule has 2 rings (SSSR count). The van der Waals surface area contributed by atoms with E-state index in [9.17, 15) is 9.59 Å². The maximum absolute atomic E-state index is 11.9. The van der Waals surface area contributed by atoms with E-state index < -0.39 is 0 Å². The third kappa shape index (κ3) is 4.76. The summed E-state index contributed by atoms with van der Waals surface area (Å²) in [5.74, 6) is 0.00179. The molecule has 1 aromatic rings. The molecule has 5 nitrogen and oxygen atoms in total. The average Bonchev–Trinajstić information content (AvgIpc) is 2.53. The van der Waals surface area contributed by atoms with Gasteiger partial charge in [-0.25, -0.2) is 0 Å². The van der Waals surface area contributed by atoms with E-state index in [0.29, 0.717) is 11.6 Å². The second-order valence-electron chi connectivity index (χ2n) is 6.03. The average molecular weight is 303 g/mol. The first-order valence-electron chi connectivity index (χ1n) is 7.91. The Balaban J connectivity index is 1.78. The molecule has 1 aromatic carbocycles. The number of hydrogen-bond acceptors (Lipinski definition) is 3. The molecule has 1 saturated carbocycles. The Morgan fingerprint density at radius 2 is 1.73 bits per heavy atom. The molecule has 0 bridgehead atoms. The molecule has 1 aliphatic carbocycles. The van der Waals surface area contributed by atoms with Crippen molar-refractivity contribution < 1.29 is 9.59 Å². The summed E-state index contributed by atoms with van der Waals surface area (Å²) in [6.07, 6.45) is 5.88. The fourth-order valence-electron chi connectivity index (χ4n) is 2.70. The molecule has 0 aliphatic heterocycles. The molecule has 0 heterocycles. The monoisotopic (exact) mass is 303 g/mol. The van der Waals surface area contributed by atoms with E-state index in [1.54, 1.807) is 31.1 Å². The Morgan fingerprint density at radius 1 is 1.09 bits per heavy atom. The minimum atomic E-state index is -0.0263. The Bertz CT molecular complexity index is 505. The largest absolute Gasteiger partial charge is 0.376 e. The lowest BCUT2D eigenvalue weighted by Crippen LogP contribution is -2.39. The first-order valence-corrected chi connectivity index (χ1v) is 7.91. The molecule has 0 radical (unpaired) electrons. The molecular weight excluding hydrogens is 278 g/mol. The zero-order valence-electron chi connectivity index (χ0n) is 13.4. The number of carbonyl (C=O) groups is 2. The van der Waals surface area contributed by atoms with Gasteiger partial charge in [-0.3, -0.25) is 9.59 Å². The molecule has 0 spiro atoms. The minimum Gasteiger partial charge on any atom is -0.376 e. The van der Waals surface area contributed by atoms with E-state index >= 15 is 0 Å². The lowest BCUT2D eigenvalue weighted by molar-refractivity contribution is -0.120. The normalized spacial score (nSPS) is 15.2. The second-order valence-corrected chi connectivity index (χ2v) is 6.03. The van der Waals surface area contributed by atoms with Gasteiger partial charge in [-0.15, -0.1) is 0 Å². The fourth-order valence-corrected chi connectivity index (χ4v) is 2.70. The summed E-state index contributed by atoms with van der Waals surface area (Å²) in [4.78, 5) is 25.2. The molecular formula is C17H25N3O2. The van der Waals surface area contributed by atoms with Crippen molar-refractivity contribution in [3.63, 3.8) is 0 Å². The third-order valence-corrected chi connectivity index (χ3v) is 3.96. The number of anilines is 1. The van der Waals surface area contributed by atoms with Crippen LogP contribution in [0.25, 0.3) is 0 Å². The van der Waals surface area contributed by atoms with Gasteiger partial charge in [0.05, 0.1) is 6.54 Å². The predicted octanol–water partition coefficient (Wildman–Crippen LogP) is 2.25. The molecule has 5 heteroatoms. The van der Waals surface area contributed by atoms with Gasteiger partial charge >= 0.3 is 0 Å². The third-order valence-electron chi connectivity index (χ3n) is 3.96. The van der Waals surface area contributed by atoms with Gasteiger partial charge < -0.3 is 15.5 Å². The van der Waals surface area contributed by atoms with Crippen LogP contribution in [0.2, 0.25) is 0 Å². The van der Waals surface area contributed by atoms with Crippen LogP contribution in [0.5, 0.6) is 0 Å². The van der Waals surface area contributed by atoms with Gasteiger partial charge in [-0.1, -0.05) is 19.3 Å². The highest BCUT2D eigenvalue weighted by molar-refractivity contribution is 5.94. The van der Waals surface area contributed by atoms with E-state index in [1.807, 2.05) is 12.1 Å². The SMILES string of the molecule is CN(C)C(=O)c1ccc(NCC(=O)NC2CCCCC2)cc1. The van der Waals surface area contributed by atoms with E-state index in [1.165, 1.54) is 19.3 Å². The van der Waals surface area contributed by atoms with Gasteiger partial charge in [0.2, 0.25) is 5.91 Å². The predicted molar refractivity (Wildman–Crippen MR) is 88.0 cm³/mol. The molecule has 2 amide bonds. The van der Waals surface area contributed by atoms with Crippen LogP contribution in [0.4, 0.5) is 5.69 Å². The van der Waals surface area contributed by atoms with Crippen LogP contribution in [0.1, 0.15) is 42.5 Å². The standard InChI is InChI=1S/C17H25N3O2/c1-20(2)17(22)13-8-10-14(11-9-13)18-12-16(21)19-15-6-4-3-5-7-15/h8-11,15,18H,3-7,12H2,1-2H3,(H,19,21). The van der Waals surface area contributed by atoms with Crippen molar-refractivity contribution in [1.82, 2.24) is 10.2 Å². The van der Waals surface area contributed by atoms with Crippen molar-refractivity contribution in [1.29, 1.82) is 0 Å². The lowest BCUT2D eigenvalue weighted by atomic mass is 9.95. The summed E-state index contributed by atoms with van der Waals surface area (Å²) in [5.41, 5.74) is 1.48. The molecule has 0 atom stereocenters. The zero-order valence-corrected chi connectivity index (χ0v) is 13.4. The minimum absolute atomic E-state index is 0.0263. The van der Waals surface area contributed by atoms with Crippen LogP contribution in [-0.4, -0.2) is 43.4 Å². The van der Waals surface area contributed by atoms with Crippen molar-refractivity contribution in [2.45, 2.75) is 38.1 Å². The Morgan fingerprint density at radius 3 is 2.32 bits per heavy atom.